The third-order valence-electron chi connectivity index (χ3n) is 3.61. The zero-order valence-electron chi connectivity index (χ0n) is 16.2. The highest BCUT2D eigenvalue weighted by atomic mass is 31.2. The van der Waals surface area contributed by atoms with Crippen molar-refractivity contribution in [3.63, 3.8) is 0 Å². The van der Waals surface area contributed by atoms with Crippen LogP contribution in [0.25, 0.3) is 0 Å². The van der Waals surface area contributed by atoms with Gasteiger partial charge < -0.3 is 19.5 Å². The largest absolute Gasteiger partial charge is 0.480 e. The molecule has 150 valence electrons. The Labute approximate surface area is 160 Å². The van der Waals surface area contributed by atoms with Crippen molar-refractivity contribution >= 4 is 19.5 Å². The number of hydrogen-bond acceptors (Lipinski definition) is 5. The van der Waals surface area contributed by atoms with Crippen LogP contribution in [0.15, 0.2) is 35.9 Å². The van der Waals surface area contributed by atoms with E-state index in [0.29, 0.717) is 11.1 Å². The van der Waals surface area contributed by atoms with Crippen LogP contribution in [0.1, 0.15) is 50.0 Å². The molecule has 0 spiro atoms. The molecule has 0 heterocycles. The van der Waals surface area contributed by atoms with Crippen molar-refractivity contribution in [2.75, 3.05) is 13.2 Å². The molecule has 0 aliphatic rings. The minimum atomic E-state index is -3.22. The molecule has 1 atom stereocenters. The quantitative estimate of drug-likeness (QED) is 0.432. The van der Waals surface area contributed by atoms with E-state index in [0.717, 1.165) is 5.57 Å². The van der Waals surface area contributed by atoms with Gasteiger partial charge in [-0.15, -0.1) is 0 Å². The van der Waals surface area contributed by atoms with Crippen LogP contribution in [0.4, 0.5) is 0 Å². The Morgan fingerprint density at radius 2 is 1.70 bits per heavy atom. The molecule has 8 heteroatoms. The van der Waals surface area contributed by atoms with E-state index >= 15 is 0 Å². The van der Waals surface area contributed by atoms with E-state index in [1.54, 1.807) is 44.2 Å². The summed E-state index contributed by atoms with van der Waals surface area (Å²) in [5.74, 6) is -1.57. The summed E-state index contributed by atoms with van der Waals surface area (Å²) in [5.41, 5.74) is 2.01. The molecule has 0 aromatic heterocycles. The second-order valence-electron chi connectivity index (χ2n) is 6.18. The molecule has 0 radical (unpaired) electrons. The van der Waals surface area contributed by atoms with Crippen molar-refractivity contribution in [3.05, 3.63) is 47.0 Å². The molecule has 1 rings (SSSR count). The van der Waals surface area contributed by atoms with Crippen LogP contribution in [0.2, 0.25) is 0 Å². The minimum Gasteiger partial charge on any atom is -0.480 e. The second kappa shape index (κ2) is 11.0. The molecule has 7 nitrogen and oxygen atoms in total. The Morgan fingerprint density at radius 1 is 1.15 bits per heavy atom. The van der Waals surface area contributed by atoms with Crippen molar-refractivity contribution in [3.8, 4) is 0 Å². The first kappa shape index (κ1) is 23.1. The monoisotopic (exact) mass is 397 g/mol. The fourth-order valence-electron chi connectivity index (χ4n) is 2.32. The molecule has 0 aliphatic heterocycles. The molecule has 1 amide bonds. The van der Waals surface area contributed by atoms with Crippen LogP contribution in [-0.4, -0.2) is 36.2 Å². The number of carbonyl (C=O) groups excluding carboxylic acids is 1. The summed E-state index contributed by atoms with van der Waals surface area (Å²) in [6.45, 7) is 7.77. The molecular formula is C19H28NO6P. The Hall–Kier alpha value is -1.95. The third-order valence-corrected chi connectivity index (χ3v) is 5.66. The van der Waals surface area contributed by atoms with Gasteiger partial charge in [-0.2, -0.15) is 0 Å². The molecule has 1 aromatic rings. The van der Waals surface area contributed by atoms with Gasteiger partial charge in [0.2, 0.25) is 0 Å². The van der Waals surface area contributed by atoms with Crippen LogP contribution >= 0.6 is 7.60 Å². The van der Waals surface area contributed by atoms with Crippen molar-refractivity contribution in [1.82, 2.24) is 5.32 Å². The molecular weight excluding hydrogens is 369 g/mol. The van der Waals surface area contributed by atoms with Crippen LogP contribution in [0.3, 0.4) is 0 Å². The number of amides is 1. The van der Waals surface area contributed by atoms with E-state index in [1.807, 2.05) is 13.8 Å². The lowest BCUT2D eigenvalue weighted by atomic mass is 10.1. The van der Waals surface area contributed by atoms with Crippen molar-refractivity contribution in [2.24, 2.45) is 0 Å². The first-order valence-corrected chi connectivity index (χ1v) is 10.6. The normalized spacial score (nSPS) is 12.3. The third kappa shape index (κ3) is 8.08. The van der Waals surface area contributed by atoms with Gasteiger partial charge in [0, 0.05) is 5.56 Å². The fraction of sp³-hybridized carbons (Fsp3) is 0.474. The lowest BCUT2D eigenvalue weighted by molar-refractivity contribution is -0.139. The highest BCUT2D eigenvalue weighted by Gasteiger charge is 2.24. The van der Waals surface area contributed by atoms with Crippen molar-refractivity contribution in [2.45, 2.75) is 46.3 Å². The van der Waals surface area contributed by atoms with Gasteiger partial charge in [0.25, 0.3) is 5.91 Å². The Morgan fingerprint density at radius 3 is 2.15 bits per heavy atom. The maximum atomic E-state index is 12.6. The number of aliphatic carboxylic acids is 1. The standard InChI is InChI=1S/C19H28NO6P/c1-5-25-27(24,26-6-2)13-15-8-10-16(11-9-15)18(21)20-17(19(22)23)12-7-14(3)4/h7-11,17H,5-6,12-13H2,1-4H3,(H,20,21)(H,22,23)/t17-/m1/s1. The van der Waals surface area contributed by atoms with Crippen LogP contribution in [-0.2, 0) is 24.6 Å². The predicted octanol–water partition coefficient (Wildman–Crippen LogP) is 3.99. The van der Waals surface area contributed by atoms with Gasteiger partial charge in [0.1, 0.15) is 6.04 Å². The van der Waals surface area contributed by atoms with Gasteiger partial charge in [-0.25, -0.2) is 4.79 Å². The molecule has 0 bridgehead atoms. The minimum absolute atomic E-state index is 0.106. The number of carboxylic acids is 1. The maximum Gasteiger partial charge on any atom is 0.335 e. The zero-order valence-corrected chi connectivity index (χ0v) is 17.1. The summed E-state index contributed by atoms with van der Waals surface area (Å²) in [6, 6.07) is 5.44. The summed E-state index contributed by atoms with van der Waals surface area (Å²) in [6.07, 6.45) is 2.09. The van der Waals surface area contributed by atoms with Gasteiger partial charge in [-0.3, -0.25) is 9.36 Å². The molecule has 27 heavy (non-hydrogen) atoms. The summed E-state index contributed by atoms with van der Waals surface area (Å²) >= 11 is 0. The summed E-state index contributed by atoms with van der Waals surface area (Å²) in [4.78, 5) is 23.6. The zero-order chi connectivity index (χ0) is 20.4. The molecule has 0 fully saturated rings. The molecule has 0 saturated heterocycles. The second-order valence-corrected chi connectivity index (χ2v) is 8.24. The average Bonchev–Trinajstić information content (AvgIpc) is 2.58. The first-order chi connectivity index (χ1) is 12.7. The Kier molecular flexibility index (Phi) is 9.43. The highest BCUT2D eigenvalue weighted by molar-refractivity contribution is 7.53. The van der Waals surface area contributed by atoms with Gasteiger partial charge in [-0.05, 0) is 51.8 Å². The van der Waals surface area contributed by atoms with Gasteiger partial charge in [-0.1, -0.05) is 23.8 Å². The van der Waals surface area contributed by atoms with Crippen molar-refractivity contribution in [1.29, 1.82) is 0 Å². The lowest BCUT2D eigenvalue weighted by Crippen LogP contribution is -2.40. The average molecular weight is 397 g/mol. The Balaban J connectivity index is 2.82. The number of allylic oxidation sites excluding steroid dienone is 1. The summed E-state index contributed by atoms with van der Waals surface area (Å²) in [7, 11) is -3.22. The molecule has 0 aliphatic carbocycles. The lowest BCUT2D eigenvalue weighted by Gasteiger charge is -2.17. The van der Waals surface area contributed by atoms with E-state index < -0.39 is 25.5 Å². The van der Waals surface area contributed by atoms with E-state index in [-0.39, 0.29) is 25.8 Å². The first-order valence-electron chi connectivity index (χ1n) is 8.84. The van der Waals surface area contributed by atoms with Crippen LogP contribution < -0.4 is 5.32 Å². The highest BCUT2D eigenvalue weighted by Crippen LogP contribution is 2.51. The fourth-order valence-corrected chi connectivity index (χ4v) is 4.03. The van der Waals surface area contributed by atoms with Crippen molar-refractivity contribution < 1.29 is 28.3 Å². The smallest absolute Gasteiger partial charge is 0.335 e. The van der Waals surface area contributed by atoms with E-state index in [2.05, 4.69) is 5.32 Å². The topological polar surface area (TPSA) is 102 Å². The summed E-state index contributed by atoms with van der Waals surface area (Å²) in [5, 5.41) is 11.8. The number of hydrogen-bond donors (Lipinski definition) is 2. The van der Waals surface area contributed by atoms with Crippen LogP contribution in [0.5, 0.6) is 0 Å². The van der Waals surface area contributed by atoms with E-state index in [4.69, 9.17) is 9.05 Å². The van der Waals surface area contributed by atoms with Crippen LogP contribution in [0, 0.1) is 0 Å². The SMILES string of the molecule is CCOP(=O)(Cc1ccc(C(=O)N[C@H](CC=C(C)C)C(=O)O)cc1)OCC. The molecule has 0 saturated carbocycles. The number of carbonyl (C=O) groups is 2. The van der Waals surface area contributed by atoms with E-state index in [1.165, 1.54) is 0 Å². The van der Waals surface area contributed by atoms with Gasteiger partial charge in [0.05, 0.1) is 19.4 Å². The number of carboxylic acid groups (broad SMARTS) is 1. The number of rotatable bonds is 11. The van der Waals surface area contributed by atoms with Gasteiger partial charge >= 0.3 is 13.6 Å². The van der Waals surface area contributed by atoms with E-state index in [9.17, 15) is 19.3 Å². The van der Waals surface area contributed by atoms with Gasteiger partial charge in [0.15, 0.2) is 0 Å². The molecule has 0 unspecified atom stereocenters. The molecule has 2 N–H and O–H groups in total. The molecule has 1 aromatic carbocycles. The predicted molar refractivity (Wildman–Crippen MR) is 104 cm³/mol. The number of benzene rings is 1. The maximum absolute atomic E-state index is 12.6. The Bertz CT molecular complexity index is 699. The summed E-state index contributed by atoms with van der Waals surface area (Å²) < 4.78 is 23.1. The number of nitrogens with one attached hydrogen (secondary N) is 1.